The number of likely N-dealkylation sites (N-methyl/N-ethyl adjacent to an activating group) is 1. The fraction of sp³-hybridized carbons (Fsp3) is 0.367. The largest absolute Gasteiger partial charge is 0.374 e. The number of rotatable bonds is 8. The first-order valence-electron chi connectivity index (χ1n) is 13.1. The van der Waals surface area contributed by atoms with Gasteiger partial charge in [0.2, 0.25) is 0 Å². The maximum absolute atomic E-state index is 13.7. The molecule has 1 saturated heterocycles. The molecular weight excluding hydrogens is 485 g/mol. The van der Waals surface area contributed by atoms with Crippen molar-refractivity contribution < 1.29 is 14.3 Å². The van der Waals surface area contributed by atoms with Crippen molar-refractivity contribution in [2.45, 2.75) is 49.5 Å². The topological polar surface area (TPSA) is 55.8 Å². The molecule has 5 rings (SSSR count). The predicted octanol–water partition coefficient (Wildman–Crippen LogP) is 5.46. The van der Waals surface area contributed by atoms with E-state index in [0.717, 1.165) is 53.3 Å². The Bertz CT molecular complexity index is 1210. The molecule has 2 N–H and O–H groups in total. The van der Waals surface area contributed by atoms with E-state index in [-0.39, 0.29) is 5.91 Å². The Kier molecular flexibility index (Phi) is 8.25. The second-order valence-corrected chi connectivity index (χ2v) is 10.8. The Labute approximate surface area is 222 Å². The lowest BCUT2D eigenvalue weighted by atomic mass is 10.0. The molecule has 1 amide bonds. The third-order valence-electron chi connectivity index (χ3n) is 7.28. The van der Waals surface area contributed by atoms with Crippen LogP contribution in [0, 0.1) is 0 Å². The van der Waals surface area contributed by atoms with Crippen molar-refractivity contribution in [1.82, 2.24) is 10.2 Å². The fourth-order valence-electron chi connectivity index (χ4n) is 5.20. The van der Waals surface area contributed by atoms with Crippen molar-refractivity contribution in [3.63, 3.8) is 0 Å². The molecule has 3 aliphatic rings. The van der Waals surface area contributed by atoms with E-state index in [9.17, 15) is 14.3 Å². The molecule has 0 radical (unpaired) electrons. The van der Waals surface area contributed by atoms with Crippen molar-refractivity contribution in [2.24, 2.45) is 0 Å². The fourth-order valence-corrected chi connectivity index (χ4v) is 6.24. The van der Waals surface area contributed by atoms with Gasteiger partial charge in [0.25, 0.3) is 5.91 Å². The number of carbonyl (C=O) groups is 1. The first kappa shape index (κ1) is 25.9. The number of nitrogens with zero attached hydrogens (tertiary/aromatic N) is 2. The summed E-state index contributed by atoms with van der Waals surface area (Å²) in [4.78, 5) is 19.5. The number of aliphatic hydroxyl groups is 1. The number of thioether (sulfide) groups is 1. The Morgan fingerprint density at radius 2 is 2.08 bits per heavy atom. The van der Waals surface area contributed by atoms with Crippen LogP contribution >= 0.6 is 11.8 Å². The Morgan fingerprint density at radius 1 is 1.24 bits per heavy atom. The highest BCUT2D eigenvalue weighted by Crippen LogP contribution is 2.43. The minimum absolute atomic E-state index is 0.0952. The number of fused-ring (bicyclic) bond motifs is 1. The lowest BCUT2D eigenvalue weighted by Crippen LogP contribution is -2.39. The van der Waals surface area contributed by atoms with Gasteiger partial charge in [-0.2, -0.15) is 0 Å². The highest BCUT2D eigenvalue weighted by molar-refractivity contribution is 8.04. The molecule has 0 aromatic heterocycles. The molecule has 194 valence electrons. The molecule has 0 spiro atoms. The Hall–Kier alpha value is -2.71. The smallest absolute Gasteiger partial charge is 0.265 e. The molecule has 2 heterocycles. The van der Waals surface area contributed by atoms with E-state index in [0.29, 0.717) is 23.9 Å². The van der Waals surface area contributed by atoms with E-state index >= 15 is 0 Å². The average Bonchev–Trinajstić information content (AvgIpc) is 3.39. The summed E-state index contributed by atoms with van der Waals surface area (Å²) in [6.07, 6.45) is 7.93. The normalized spacial score (nSPS) is 23.9. The van der Waals surface area contributed by atoms with E-state index in [4.69, 9.17) is 0 Å². The maximum atomic E-state index is 13.7. The van der Waals surface area contributed by atoms with Gasteiger partial charge in [0.1, 0.15) is 12.4 Å². The van der Waals surface area contributed by atoms with Gasteiger partial charge in [-0.3, -0.25) is 15.0 Å². The van der Waals surface area contributed by atoms with Crippen molar-refractivity contribution >= 4 is 29.4 Å². The van der Waals surface area contributed by atoms with Gasteiger partial charge >= 0.3 is 0 Å². The lowest BCUT2D eigenvalue weighted by Gasteiger charge is -2.32. The van der Waals surface area contributed by atoms with Crippen LogP contribution in [0.15, 0.2) is 82.1 Å². The number of likely N-dealkylation sites (tertiary alicyclic amines) is 1. The molecule has 0 saturated carbocycles. The van der Waals surface area contributed by atoms with Gasteiger partial charge in [-0.15, -0.1) is 0 Å². The van der Waals surface area contributed by atoms with Crippen LogP contribution in [0.1, 0.15) is 43.5 Å². The van der Waals surface area contributed by atoms with Crippen LogP contribution in [-0.2, 0) is 4.79 Å². The third kappa shape index (κ3) is 6.07. The van der Waals surface area contributed by atoms with E-state index in [1.54, 1.807) is 17.1 Å². The number of hydrogen-bond donors (Lipinski definition) is 2. The summed E-state index contributed by atoms with van der Waals surface area (Å²) in [5.74, 6) is -0.0952. The minimum atomic E-state index is -0.978. The molecule has 2 aliphatic heterocycles. The molecule has 5 nitrogen and oxygen atoms in total. The van der Waals surface area contributed by atoms with Crippen LogP contribution in [0.2, 0.25) is 0 Å². The molecule has 3 unspecified atom stereocenters. The zero-order valence-electron chi connectivity index (χ0n) is 21.1. The second kappa shape index (κ2) is 11.8. The van der Waals surface area contributed by atoms with Gasteiger partial charge in [0, 0.05) is 23.9 Å². The summed E-state index contributed by atoms with van der Waals surface area (Å²) in [7, 11) is 0. The van der Waals surface area contributed by atoms with Crippen molar-refractivity contribution in [3.8, 4) is 0 Å². The number of amides is 1. The SMILES string of the molecule is CCN1CCCC1CNC(O)c1ccc2c(c1)N(CC1=CCC(F)C=C1)C(=O)/C(=C/c1ccccc1)S2. The van der Waals surface area contributed by atoms with E-state index in [1.165, 1.54) is 18.2 Å². The van der Waals surface area contributed by atoms with Gasteiger partial charge < -0.3 is 10.0 Å². The maximum Gasteiger partial charge on any atom is 0.265 e. The molecule has 2 aromatic carbocycles. The molecular formula is C30H34FN3O2S. The van der Waals surface area contributed by atoms with Crippen LogP contribution in [0.4, 0.5) is 10.1 Å². The Morgan fingerprint density at radius 3 is 2.84 bits per heavy atom. The van der Waals surface area contributed by atoms with Crippen molar-refractivity contribution in [1.29, 1.82) is 0 Å². The monoisotopic (exact) mass is 519 g/mol. The molecule has 7 heteroatoms. The summed E-state index contributed by atoms with van der Waals surface area (Å²) in [5, 5.41) is 14.3. The van der Waals surface area contributed by atoms with Gasteiger partial charge in [0.15, 0.2) is 0 Å². The van der Waals surface area contributed by atoms with E-state index in [2.05, 4.69) is 17.1 Å². The quantitative estimate of drug-likeness (QED) is 0.359. The highest BCUT2D eigenvalue weighted by atomic mass is 32.2. The summed E-state index contributed by atoms with van der Waals surface area (Å²) in [6, 6.07) is 16.1. The second-order valence-electron chi connectivity index (χ2n) is 9.77. The summed E-state index contributed by atoms with van der Waals surface area (Å²) in [5.41, 5.74) is 3.36. The van der Waals surface area contributed by atoms with Gasteiger partial charge in [0.05, 0.1) is 17.1 Å². The summed E-state index contributed by atoms with van der Waals surface area (Å²) >= 11 is 1.45. The van der Waals surface area contributed by atoms with Crippen LogP contribution in [-0.4, -0.2) is 54.3 Å². The zero-order valence-corrected chi connectivity index (χ0v) is 22.0. The number of allylic oxidation sites excluding steroid dienone is 2. The van der Waals surface area contributed by atoms with Crippen LogP contribution in [0.3, 0.4) is 0 Å². The average molecular weight is 520 g/mol. The van der Waals surface area contributed by atoms with Gasteiger partial charge in [-0.05, 0) is 60.8 Å². The predicted molar refractivity (Wildman–Crippen MR) is 149 cm³/mol. The van der Waals surface area contributed by atoms with E-state index in [1.807, 2.05) is 60.7 Å². The first-order valence-corrected chi connectivity index (χ1v) is 13.9. The summed E-state index contributed by atoms with van der Waals surface area (Å²) < 4.78 is 13.7. The zero-order chi connectivity index (χ0) is 25.8. The van der Waals surface area contributed by atoms with E-state index < -0.39 is 12.4 Å². The van der Waals surface area contributed by atoms with Gasteiger partial charge in [-0.1, -0.05) is 73.3 Å². The number of aliphatic hydroxyl groups excluding tert-OH is 1. The number of hydrogen-bond acceptors (Lipinski definition) is 5. The molecule has 2 aromatic rings. The number of carbonyl (C=O) groups excluding carboxylic acids is 1. The van der Waals surface area contributed by atoms with Crippen molar-refractivity contribution in [3.05, 3.63) is 88.4 Å². The Balaban J connectivity index is 1.41. The number of halogens is 1. The van der Waals surface area contributed by atoms with Crippen LogP contribution in [0.25, 0.3) is 6.08 Å². The first-order chi connectivity index (χ1) is 18.0. The lowest BCUT2D eigenvalue weighted by molar-refractivity contribution is -0.114. The van der Waals surface area contributed by atoms with Crippen molar-refractivity contribution in [2.75, 3.05) is 31.1 Å². The number of benzene rings is 2. The molecule has 1 aliphatic carbocycles. The molecule has 0 bridgehead atoms. The van der Waals surface area contributed by atoms with Crippen LogP contribution < -0.4 is 10.2 Å². The summed E-state index contributed by atoms with van der Waals surface area (Å²) in [6.45, 7) is 5.37. The number of alkyl halides is 1. The molecule has 3 atom stereocenters. The highest BCUT2D eigenvalue weighted by Gasteiger charge is 2.31. The minimum Gasteiger partial charge on any atom is -0.374 e. The van der Waals surface area contributed by atoms with Crippen LogP contribution in [0.5, 0.6) is 0 Å². The van der Waals surface area contributed by atoms with Gasteiger partial charge in [-0.25, -0.2) is 4.39 Å². The number of nitrogens with one attached hydrogen (secondary N) is 1. The molecule has 1 fully saturated rings. The third-order valence-corrected chi connectivity index (χ3v) is 8.36. The molecule has 37 heavy (non-hydrogen) atoms. The number of anilines is 1. The standard InChI is InChI=1S/C30H34FN3O2S/c1-2-33-16-6-9-25(33)19-32-29(35)23-12-15-27-26(18-23)34(20-22-10-13-24(31)14-11-22)30(36)28(37-27)17-21-7-4-3-5-8-21/h3-5,7-8,10-13,15,17-18,24-25,29,32,35H,2,6,9,14,16,19-20H2,1H3/b28-17-.